The van der Waals surface area contributed by atoms with Crippen molar-refractivity contribution < 1.29 is 18.0 Å². The van der Waals surface area contributed by atoms with Crippen LogP contribution in [0, 0.1) is 6.92 Å². The fourth-order valence-corrected chi connectivity index (χ4v) is 5.67. The number of benzene rings is 3. The van der Waals surface area contributed by atoms with Crippen LogP contribution >= 0.6 is 34.8 Å². The molecule has 3 rings (SSSR count). The lowest BCUT2D eigenvalue weighted by molar-refractivity contribution is -0.140. The maximum absolute atomic E-state index is 14.1. The summed E-state index contributed by atoms with van der Waals surface area (Å²) in [4.78, 5) is 29.0. The number of carbonyl (C=O) groups is 2. The van der Waals surface area contributed by atoms with Gasteiger partial charge in [0.1, 0.15) is 12.6 Å². The first kappa shape index (κ1) is 31.7. The Morgan fingerprint density at radius 3 is 2.08 bits per heavy atom. The van der Waals surface area contributed by atoms with Crippen molar-refractivity contribution in [3.8, 4) is 0 Å². The Morgan fingerprint density at radius 2 is 1.52 bits per heavy atom. The van der Waals surface area contributed by atoms with Gasteiger partial charge in [0.25, 0.3) is 0 Å². The van der Waals surface area contributed by atoms with Crippen LogP contribution in [0.3, 0.4) is 0 Å². The average molecular weight is 625 g/mol. The molecule has 0 aliphatic heterocycles. The number of sulfonamides is 1. The Kier molecular flexibility index (Phi) is 10.9. The van der Waals surface area contributed by atoms with E-state index in [1.54, 1.807) is 37.3 Å². The highest BCUT2D eigenvalue weighted by Crippen LogP contribution is 2.29. The first-order valence-corrected chi connectivity index (χ1v) is 15.6. The minimum atomic E-state index is -3.91. The van der Waals surface area contributed by atoms with Crippen molar-refractivity contribution in [3.63, 3.8) is 0 Å². The molecule has 0 fully saturated rings. The van der Waals surface area contributed by atoms with Gasteiger partial charge in [-0.25, -0.2) is 8.42 Å². The highest BCUT2D eigenvalue weighted by atomic mass is 35.5. The number of anilines is 1. The van der Waals surface area contributed by atoms with Gasteiger partial charge in [-0.05, 0) is 56.2 Å². The van der Waals surface area contributed by atoms with Gasteiger partial charge in [-0.15, -0.1) is 0 Å². The second kappa shape index (κ2) is 13.7. The Bertz CT molecular complexity index is 1450. The third kappa shape index (κ3) is 8.36. The highest BCUT2D eigenvalue weighted by Gasteiger charge is 2.34. The van der Waals surface area contributed by atoms with E-state index in [1.165, 1.54) is 11.0 Å². The number of nitrogens with one attached hydrogen (secondary N) is 1. The molecule has 3 aromatic rings. The summed E-state index contributed by atoms with van der Waals surface area (Å²) in [6, 6.07) is 17.8. The molecule has 0 aromatic heterocycles. The quantitative estimate of drug-likeness (QED) is 0.289. The molecule has 40 heavy (non-hydrogen) atoms. The summed E-state index contributed by atoms with van der Waals surface area (Å²) >= 11 is 19.2. The number of hydrogen-bond acceptors (Lipinski definition) is 4. The molecule has 0 saturated heterocycles. The average Bonchev–Trinajstić information content (AvgIpc) is 2.87. The van der Waals surface area contributed by atoms with E-state index in [1.807, 2.05) is 44.2 Å². The largest absolute Gasteiger partial charge is 0.352 e. The third-order valence-electron chi connectivity index (χ3n) is 6.21. The number of hydrogen-bond donors (Lipinski definition) is 1. The summed E-state index contributed by atoms with van der Waals surface area (Å²) in [6.07, 6.45) is 1.19. The molecule has 3 aromatic carbocycles. The van der Waals surface area contributed by atoms with Gasteiger partial charge in [-0.2, -0.15) is 0 Å². The fraction of sp³-hybridized carbons (Fsp3) is 0.310. The van der Waals surface area contributed by atoms with Crippen LogP contribution in [0.25, 0.3) is 0 Å². The first-order chi connectivity index (χ1) is 18.8. The van der Waals surface area contributed by atoms with E-state index in [0.29, 0.717) is 20.6 Å². The number of nitrogens with zero attached hydrogens (tertiary/aromatic N) is 2. The van der Waals surface area contributed by atoms with E-state index >= 15 is 0 Å². The molecule has 0 heterocycles. The zero-order chi connectivity index (χ0) is 29.6. The van der Waals surface area contributed by atoms with E-state index in [4.69, 9.17) is 34.8 Å². The summed E-state index contributed by atoms with van der Waals surface area (Å²) in [7, 11) is -3.91. The molecule has 1 N–H and O–H groups in total. The van der Waals surface area contributed by atoms with E-state index in [0.717, 1.165) is 21.7 Å². The van der Waals surface area contributed by atoms with Crippen molar-refractivity contribution in [1.29, 1.82) is 0 Å². The van der Waals surface area contributed by atoms with Gasteiger partial charge >= 0.3 is 0 Å². The Morgan fingerprint density at radius 1 is 0.900 bits per heavy atom. The van der Waals surface area contributed by atoms with Gasteiger partial charge in [0, 0.05) is 39.6 Å². The standard InChI is InChI=1S/C29H32Cl3N3O4S/c1-19(2)33-29(37)27(15-21-9-6-5-7-10-21)34(17-23-24(30)11-8-12-25(23)31)28(36)18-35(40(4,38)39)22-14-13-20(3)26(32)16-22/h5-14,16,19,27H,15,17-18H2,1-4H3,(H,33,37)/t27-/m1/s1. The minimum Gasteiger partial charge on any atom is -0.352 e. The molecular weight excluding hydrogens is 593 g/mol. The molecular formula is C29H32Cl3N3O4S. The molecule has 11 heteroatoms. The van der Waals surface area contributed by atoms with Crippen LogP contribution in [0.1, 0.15) is 30.5 Å². The molecule has 0 radical (unpaired) electrons. The first-order valence-electron chi connectivity index (χ1n) is 12.6. The number of rotatable bonds is 11. The van der Waals surface area contributed by atoms with E-state index in [9.17, 15) is 18.0 Å². The van der Waals surface area contributed by atoms with Crippen molar-refractivity contribution in [1.82, 2.24) is 10.2 Å². The normalized spacial score (nSPS) is 12.2. The smallest absolute Gasteiger partial charge is 0.244 e. The van der Waals surface area contributed by atoms with E-state index in [-0.39, 0.29) is 30.6 Å². The Balaban J connectivity index is 2.11. The van der Waals surface area contributed by atoms with E-state index < -0.39 is 28.5 Å². The summed E-state index contributed by atoms with van der Waals surface area (Å²) in [5, 5.41) is 3.89. The predicted octanol–water partition coefficient (Wildman–Crippen LogP) is 5.89. The van der Waals surface area contributed by atoms with E-state index in [2.05, 4.69) is 5.32 Å². The molecule has 0 saturated carbocycles. The summed E-state index contributed by atoms with van der Waals surface area (Å²) in [5.74, 6) is -1.00. The third-order valence-corrected chi connectivity index (χ3v) is 8.47. The molecule has 0 unspecified atom stereocenters. The van der Waals surface area contributed by atoms with Gasteiger partial charge < -0.3 is 10.2 Å². The molecule has 0 spiro atoms. The van der Waals surface area contributed by atoms with Crippen LogP contribution in [-0.2, 0) is 32.6 Å². The van der Waals surface area contributed by atoms with Crippen molar-refractivity contribution in [2.75, 3.05) is 17.1 Å². The lowest BCUT2D eigenvalue weighted by Crippen LogP contribution is -2.54. The molecule has 0 bridgehead atoms. The molecule has 214 valence electrons. The SMILES string of the molecule is Cc1ccc(N(CC(=O)N(Cc2c(Cl)cccc2Cl)[C@H](Cc2ccccc2)C(=O)NC(C)C)S(C)(=O)=O)cc1Cl. The molecule has 0 aliphatic rings. The van der Waals surface area contributed by atoms with Crippen molar-refractivity contribution in [3.05, 3.63) is 98.5 Å². The maximum Gasteiger partial charge on any atom is 0.244 e. The lowest BCUT2D eigenvalue weighted by atomic mass is 10.0. The van der Waals surface area contributed by atoms with Gasteiger partial charge in [0.05, 0.1) is 11.9 Å². The van der Waals surface area contributed by atoms with Crippen LogP contribution in [0.15, 0.2) is 66.7 Å². The molecule has 7 nitrogen and oxygen atoms in total. The van der Waals surface area contributed by atoms with Gasteiger partial charge in [0.15, 0.2) is 0 Å². The summed E-state index contributed by atoms with van der Waals surface area (Å²) in [5.41, 5.74) is 2.25. The summed E-state index contributed by atoms with van der Waals surface area (Å²) < 4.78 is 26.7. The molecule has 0 aliphatic carbocycles. The fourth-order valence-electron chi connectivity index (χ4n) is 4.14. The minimum absolute atomic E-state index is 0.118. The number of amides is 2. The Labute approximate surface area is 251 Å². The Hall–Kier alpha value is -2.78. The predicted molar refractivity (Wildman–Crippen MR) is 163 cm³/mol. The zero-order valence-electron chi connectivity index (χ0n) is 22.7. The molecule has 2 amide bonds. The van der Waals surface area contributed by atoms with Gasteiger partial charge in [-0.1, -0.05) is 77.3 Å². The van der Waals surface area contributed by atoms with Crippen LogP contribution in [-0.4, -0.2) is 50.0 Å². The topological polar surface area (TPSA) is 86.8 Å². The lowest BCUT2D eigenvalue weighted by Gasteiger charge is -2.34. The zero-order valence-corrected chi connectivity index (χ0v) is 25.8. The molecule has 1 atom stereocenters. The number of halogens is 3. The second-order valence-electron chi connectivity index (χ2n) is 9.79. The van der Waals surface area contributed by atoms with Crippen LogP contribution < -0.4 is 9.62 Å². The van der Waals surface area contributed by atoms with Crippen molar-refractivity contribution in [2.45, 2.75) is 45.8 Å². The number of carbonyl (C=O) groups excluding carboxylic acids is 2. The number of aryl methyl sites for hydroxylation is 1. The van der Waals surface area contributed by atoms with Crippen molar-refractivity contribution >= 4 is 62.3 Å². The highest BCUT2D eigenvalue weighted by molar-refractivity contribution is 7.92. The maximum atomic E-state index is 14.1. The van der Waals surface area contributed by atoms with Gasteiger partial charge in [-0.3, -0.25) is 13.9 Å². The second-order valence-corrected chi connectivity index (χ2v) is 12.9. The van der Waals surface area contributed by atoms with Crippen LogP contribution in [0.2, 0.25) is 15.1 Å². The monoisotopic (exact) mass is 623 g/mol. The van der Waals surface area contributed by atoms with Crippen LogP contribution in [0.4, 0.5) is 5.69 Å². The van der Waals surface area contributed by atoms with Gasteiger partial charge in [0.2, 0.25) is 21.8 Å². The van der Waals surface area contributed by atoms with Crippen LogP contribution in [0.5, 0.6) is 0 Å². The van der Waals surface area contributed by atoms with Crippen molar-refractivity contribution in [2.24, 2.45) is 0 Å². The summed E-state index contributed by atoms with van der Waals surface area (Å²) in [6.45, 7) is 4.74.